The van der Waals surface area contributed by atoms with Crippen LogP contribution in [0.5, 0.6) is 11.5 Å². The molecule has 0 aromatic heterocycles. The maximum atomic E-state index is 9.98. The van der Waals surface area contributed by atoms with Crippen LogP contribution in [0, 0.1) is 0 Å². The van der Waals surface area contributed by atoms with Gasteiger partial charge in [0.05, 0.1) is 12.7 Å². The van der Waals surface area contributed by atoms with Crippen molar-refractivity contribution in [2.75, 3.05) is 26.3 Å². The van der Waals surface area contributed by atoms with Crippen molar-refractivity contribution in [3.05, 3.63) is 23.8 Å². The molecular weight excluding hydrogens is 294 g/mol. The molecule has 0 radical (unpaired) electrons. The minimum absolute atomic E-state index is 0.183. The molecule has 0 fully saturated rings. The van der Waals surface area contributed by atoms with E-state index < -0.39 is 6.10 Å². The molecule has 0 amide bonds. The second-order valence-electron chi connectivity index (χ2n) is 5.85. The number of nitrogens with one attached hydrogen (secondary N) is 1. The molecule has 5 heteroatoms. The van der Waals surface area contributed by atoms with Crippen LogP contribution in [0.15, 0.2) is 18.2 Å². The van der Waals surface area contributed by atoms with Crippen molar-refractivity contribution in [2.24, 2.45) is 0 Å². The van der Waals surface area contributed by atoms with E-state index in [1.54, 1.807) is 6.07 Å². The number of rotatable bonds is 13. The van der Waals surface area contributed by atoms with E-state index >= 15 is 0 Å². The van der Waals surface area contributed by atoms with Gasteiger partial charge in [-0.15, -0.1) is 0 Å². The lowest BCUT2D eigenvalue weighted by Crippen LogP contribution is -2.25. The number of aliphatic hydroxyl groups is 1. The van der Waals surface area contributed by atoms with Gasteiger partial charge in [0.2, 0.25) is 0 Å². The Bertz CT molecular complexity index is 425. The summed E-state index contributed by atoms with van der Waals surface area (Å²) < 4.78 is 5.55. The highest BCUT2D eigenvalue weighted by Crippen LogP contribution is 2.27. The molecule has 0 bridgehead atoms. The number of phenolic OH excluding ortho intramolecular Hbond substituents is 2. The Morgan fingerprint density at radius 2 is 1.74 bits per heavy atom. The first-order chi connectivity index (χ1) is 11.1. The first kappa shape index (κ1) is 19.7. The number of ether oxygens (including phenoxy) is 1. The van der Waals surface area contributed by atoms with Gasteiger partial charge in [-0.3, -0.25) is 0 Å². The van der Waals surface area contributed by atoms with Gasteiger partial charge < -0.3 is 25.4 Å². The second kappa shape index (κ2) is 12.2. The van der Waals surface area contributed by atoms with E-state index in [4.69, 9.17) is 4.74 Å². The van der Waals surface area contributed by atoms with E-state index in [0.717, 1.165) is 13.0 Å². The molecule has 0 saturated carbocycles. The average Bonchev–Trinajstić information content (AvgIpc) is 2.55. The summed E-state index contributed by atoms with van der Waals surface area (Å²) in [6, 6.07) is 4.34. The van der Waals surface area contributed by atoms with E-state index in [1.165, 1.54) is 44.2 Å². The summed E-state index contributed by atoms with van der Waals surface area (Å²) in [6.07, 6.45) is 6.84. The van der Waals surface area contributed by atoms with Crippen LogP contribution >= 0.6 is 0 Å². The normalized spacial score (nSPS) is 12.4. The summed E-state index contributed by atoms with van der Waals surface area (Å²) in [4.78, 5) is 0. The summed E-state index contributed by atoms with van der Waals surface area (Å²) in [5.41, 5.74) is 0.570. The zero-order valence-electron chi connectivity index (χ0n) is 14.1. The Balaban J connectivity index is 1.99. The van der Waals surface area contributed by atoms with Gasteiger partial charge >= 0.3 is 0 Å². The highest BCUT2D eigenvalue weighted by Gasteiger charge is 2.09. The number of unbranched alkanes of at least 4 members (excludes halogenated alkanes) is 5. The predicted molar refractivity (Wildman–Crippen MR) is 91.8 cm³/mol. The summed E-state index contributed by atoms with van der Waals surface area (Å²) >= 11 is 0. The van der Waals surface area contributed by atoms with Crippen LogP contribution in [-0.4, -0.2) is 41.6 Å². The van der Waals surface area contributed by atoms with E-state index in [1.807, 2.05) is 0 Å². The molecule has 1 aromatic carbocycles. The summed E-state index contributed by atoms with van der Waals surface area (Å²) in [7, 11) is 0. The van der Waals surface area contributed by atoms with Crippen molar-refractivity contribution >= 4 is 0 Å². The lowest BCUT2D eigenvalue weighted by Gasteiger charge is -2.13. The van der Waals surface area contributed by atoms with Crippen LogP contribution in [0.25, 0.3) is 0 Å². The first-order valence-corrected chi connectivity index (χ1v) is 8.63. The molecule has 0 saturated heterocycles. The van der Waals surface area contributed by atoms with Gasteiger partial charge in [-0.05, 0) is 24.1 Å². The molecule has 5 nitrogen and oxygen atoms in total. The lowest BCUT2D eigenvalue weighted by atomic mass is 10.1. The Morgan fingerprint density at radius 3 is 2.48 bits per heavy atom. The number of aromatic hydroxyl groups is 2. The van der Waals surface area contributed by atoms with Crippen LogP contribution in [0.2, 0.25) is 0 Å². The number of hydrogen-bond donors (Lipinski definition) is 4. The first-order valence-electron chi connectivity index (χ1n) is 8.63. The SMILES string of the molecule is CCCCCCCCOCCNCC(O)c1ccc(O)c(O)c1. The highest BCUT2D eigenvalue weighted by molar-refractivity contribution is 5.41. The summed E-state index contributed by atoms with van der Waals surface area (Å²) in [5, 5.41) is 31.7. The molecule has 1 rings (SSSR count). The van der Waals surface area contributed by atoms with Gasteiger partial charge in [0.15, 0.2) is 11.5 Å². The van der Waals surface area contributed by atoms with Gasteiger partial charge in [-0.1, -0.05) is 45.1 Å². The third-order valence-corrected chi connectivity index (χ3v) is 3.79. The monoisotopic (exact) mass is 325 g/mol. The molecule has 1 aromatic rings. The molecule has 132 valence electrons. The van der Waals surface area contributed by atoms with Gasteiger partial charge in [-0.25, -0.2) is 0 Å². The number of hydrogen-bond acceptors (Lipinski definition) is 5. The Kier molecular flexibility index (Phi) is 10.4. The van der Waals surface area contributed by atoms with Crippen molar-refractivity contribution in [1.29, 1.82) is 0 Å². The Labute approximate surface area is 139 Å². The van der Waals surface area contributed by atoms with Crippen LogP contribution in [0.1, 0.15) is 57.1 Å². The molecule has 0 spiro atoms. The number of aliphatic hydroxyl groups excluding tert-OH is 1. The fourth-order valence-corrected chi connectivity index (χ4v) is 2.34. The van der Waals surface area contributed by atoms with Gasteiger partial charge in [0, 0.05) is 19.7 Å². The molecule has 1 atom stereocenters. The predicted octanol–water partition coefficient (Wildman–Crippen LogP) is 3.10. The van der Waals surface area contributed by atoms with Crippen molar-refractivity contribution in [1.82, 2.24) is 5.32 Å². The molecule has 1 unspecified atom stereocenters. The van der Waals surface area contributed by atoms with Crippen molar-refractivity contribution < 1.29 is 20.1 Å². The third kappa shape index (κ3) is 8.79. The molecule has 0 aliphatic rings. The van der Waals surface area contributed by atoms with Crippen LogP contribution < -0.4 is 5.32 Å². The maximum absolute atomic E-state index is 9.98. The van der Waals surface area contributed by atoms with Crippen LogP contribution in [0.3, 0.4) is 0 Å². The van der Waals surface area contributed by atoms with E-state index in [9.17, 15) is 15.3 Å². The highest BCUT2D eigenvalue weighted by atomic mass is 16.5. The smallest absolute Gasteiger partial charge is 0.157 e. The minimum atomic E-state index is -0.722. The van der Waals surface area contributed by atoms with Crippen LogP contribution in [-0.2, 0) is 4.74 Å². The van der Waals surface area contributed by atoms with Crippen molar-refractivity contribution in [3.63, 3.8) is 0 Å². The van der Waals surface area contributed by atoms with Gasteiger partial charge in [0.1, 0.15) is 0 Å². The third-order valence-electron chi connectivity index (χ3n) is 3.79. The minimum Gasteiger partial charge on any atom is -0.504 e. The molecule has 0 aliphatic heterocycles. The quantitative estimate of drug-likeness (QED) is 0.331. The zero-order chi connectivity index (χ0) is 16.9. The zero-order valence-corrected chi connectivity index (χ0v) is 14.1. The fourth-order valence-electron chi connectivity index (χ4n) is 2.34. The van der Waals surface area contributed by atoms with Gasteiger partial charge in [-0.2, -0.15) is 0 Å². The van der Waals surface area contributed by atoms with Crippen molar-refractivity contribution in [3.8, 4) is 11.5 Å². The topological polar surface area (TPSA) is 82.0 Å². The average molecular weight is 325 g/mol. The van der Waals surface area contributed by atoms with Crippen molar-refractivity contribution in [2.45, 2.75) is 51.6 Å². The van der Waals surface area contributed by atoms with E-state index in [-0.39, 0.29) is 11.5 Å². The Morgan fingerprint density at radius 1 is 1.00 bits per heavy atom. The molecule has 4 N–H and O–H groups in total. The van der Waals surface area contributed by atoms with Crippen LogP contribution in [0.4, 0.5) is 0 Å². The van der Waals surface area contributed by atoms with E-state index in [0.29, 0.717) is 25.3 Å². The standard InChI is InChI=1S/C18H31NO4/c1-2-3-4-5-6-7-11-23-12-10-19-14-18(22)15-8-9-16(20)17(21)13-15/h8-9,13,18-22H,2-7,10-12,14H2,1H3. The summed E-state index contributed by atoms with van der Waals surface area (Å²) in [6.45, 7) is 4.70. The number of benzene rings is 1. The second-order valence-corrected chi connectivity index (χ2v) is 5.85. The Hall–Kier alpha value is -1.30. The molecular formula is C18H31NO4. The molecule has 0 aliphatic carbocycles. The molecule has 23 heavy (non-hydrogen) atoms. The van der Waals surface area contributed by atoms with Gasteiger partial charge in [0.25, 0.3) is 0 Å². The maximum Gasteiger partial charge on any atom is 0.157 e. The summed E-state index contributed by atoms with van der Waals surface area (Å²) in [5.74, 6) is -0.402. The fraction of sp³-hybridized carbons (Fsp3) is 0.667. The van der Waals surface area contributed by atoms with E-state index in [2.05, 4.69) is 12.2 Å². The number of phenols is 2. The lowest BCUT2D eigenvalue weighted by molar-refractivity contribution is 0.124. The largest absolute Gasteiger partial charge is 0.504 e. The molecule has 0 heterocycles.